The van der Waals surface area contributed by atoms with E-state index < -0.39 is 0 Å². The van der Waals surface area contributed by atoms with E-state index in [1.807, 2.05) is 43.0 Å². The van der Waals surface area contributed by atoms with Gasteiger partial charge in [0.05, 0.1) is 34.8 Å². The molecule has 38 heavy (non-hydrogen) atoms. The Morgan fingerprint density at radius 3 is 2.53 bits per heavy atom. The van der Waals surface area contributed by atoms with E-state index in [1.54, 1.807) is 11.3 Å². The minimum absolute atomic E-state index is 0.0791. The molecule has 4 heterocycles. The Kier molecular flexibility index (Phi) is 9.27. The maximum Gasteiger partial charge on any atom is 0.253 e. The maximum absolute atomic E-state index is 12.7. The molecule has 0 spiro atoms. The monoisotopic (exact) mass is 535 g/mol. The smallest absolute Gasteiger partial charge is 0.253 e. The lowest BCUT2D eigenvalue weighted by Crippen LogP contribution is -2.49. The number of nitrogens with one attached hydrogen (secondary N) is 1. The molecule has 0 aliphatic carbocycles. The number of thiophene rings is 1. The van der Waals surface area contributed by atoms with Crippen LogP contribution < -0.4 is 5.32 Å². The largest absolute Gasteiger partial charge is 0.384 e. The highest BCUT2D eigenvalue weighted by Crippen LogP contribution is 2.32. The first kappa shape index (κ1) is 27.1. The average Bonchev–Trinajstić information content (AvgIpc) is 3.46. The van der Waals surface area contributed by atoms with E-state index in [0.717, 1.165) is 93.0 Å². The summed E-state index contributed by atoms with van der Waals surface area (Å²) in [6.45, 7) is 13.9. The molecule has 1 N–H and O–H groups in total. The first-order valence-corrected chi connectivity index (χ1v) is 15.1. The van der Waals surface area contributed by atoms with Gasteiger partial charge >= 0.3 is 0 Å². The number of pyridine rings is 1. The van der Waals surface area contributed by atoms with Crippen molar-refractivity contribution in [3.05, 3.63) is 47.3 Å². The molecule has 1 aromatic carbocycles. The third-order valence-electron chi connectivity index (χ3n) is 7.98. The molecule has 0 unspecified atom stereocenters. The summed E-state index contributed by atoms with van der Waals surface area (Å²) in [5, 5.41) is 5.81. The number of fused-ring (bicyclic) bond motifs is 1. The van der Waals surface area contributed by atoms with E-state index in [2.05, 4.69) is 32.6 Å². The van der Waals surface area contributed by atoms with E-state index in [0.29, 0.717) is 0 Å². The number of hydrogen-bond acceptors (Lipinski definition) is 7. The Balaban J connectivity index is 1.16. The quantitative estimate of drug-likeness (QED) is 0.367. The van der Waals surface area contributed by atoms with Crippen molar-refractivity contribution in [1.82, 2.24) is 19.7 Å². The summed E-state index contributed by atoms with van der Waals surface area (Å²) in [7, 11) is 0. The molecular formula is C30H41N5O2S. The van der Waals surface area contributed by atoms with Gasteiger partial charge in [-0.3, -0.25) is 9.69 Å². The van der Waals surface area contributed by atoms with Gasteiger partial charge in [0.1, 0.15) is 0 Å². The summed E-state index contributed by atoms with van der Waals surface area (Å²) >= 11 is 1.73. The minimum Gasteiger partial charge on any atom is -0.384 e. The number of carbonyl (C=O) groups is 1. The van der Waals surface area contributed by atoms with Gasteiger partial charge in [0, 0.05) is 49.9 Å². The number of anilines is 1. The summed E-state index contributed by atoms with van der Waals surface area (Å²) in [5.41, 5.74) is 4.85. The fourth-order valence-electron chi connectivity index (χ4n) is 5.69. The van der Waals surface area contributed by atoms with Crippen LogP contribution in [0.15, 0.2) is 41.8 Å². The number of ether oxygens (including phenoxy) is 1. The van der Waals surface area contributed by atoms with Gasteiger partial charge in [0.15, 0.2) is 0 Å². The lowest BCUT2D eigenvalue weighted by atomic mass is 10.0. The van der Waals surface area contributed by atoms with Gasteiger partial charge in [-0.15, -0.1) is 11.3 Å². The van der Waals surface area contributed by atoms with Crippen LogP contribution in [0.1, 0.15) is 43.5 Å². The number of hydrogen-bond donors (Lipinski definition) is 1. The van der Waals surface area contributed by atoms with Gasteiger partial charge in [-0.2, -0.15) is 0 Å². The van der Waals surface area contributed by atoms with E-state index >= 15 is 0 Å². The average molecular weight is 536 g/mol. The van der Waals surface area contributed by atoms with Crippen LogP contribution in [0.2, 0.25) is 0 Å². The Hall–Kier alpha value is -2.52. The first-order valence-electron chi connectivity index (χ1n) is 14.2. The number of amides is 1. The van der Waals surface area contributed by atoms with Crippen molar-refractivity contribution in [1.29, 1.82) is 0 Å². The maximum atomic E-state index is 12.7. The molecule has 1 amide bonds. The number of aromatic nitrogens is 1. The summed E-state index contributed by atoms with van der Waals surface area (Å²) < 4.78 is 6.72. The Labute approximate surface area is 230 Å². The van der Waals surface area contributed by atoms with Crippen molar-refractivity contribution >= 4 is 33.1 Å². The lowest BCUT2D eigenvalue weighted by Gasteiger charge is -2.40. The highest BCUT2D eigenvalue weighted by Gasteiger charge is 2.25. The summed E-state index contributed by atoms with van der Waals surface area (Å²) in [6.07, 6.45) is 3.67. The highest BCUT2D eigenvalue weighted by molar-refractivity contribution is 7.17. The molecule has 7 nitrogen and oxygen atoms in total. The van der Waals surface area contributed by atoms with Gasteiger partial charge < -0.3 is 19.9 Å². The number of nitrogens with zero attached hydrogens (tertiary/aromatic N) is 4. The van der Waals surface area contributed by atoms with Crippen LogP contribution in [0.25, 0.3) is 21.5 Å². The zero-order valence-electron chi connectivity index (χ0n) is 22.8. The zero-order chi connectivity index (χ0) is 26.3. The molecule has 5 rings (SSSR count). The van der Waals surface area contributed by atoms with E-state index in [-0.39, 0.29) is 5.91 Å². The molecule has 204 valence electrons. The predicted octanol–water partition coefficient (Wildman–Crippen LogP) is 5.04. The van der Waals surface area contributed by atoms with E-state index in [9.17, 15) is 4.79 Å². The Morgan fingerprint density at radius 2 is 1.82 bits per heavy atom. The van der Waals surface area contributed by atoms with Gasteiger partial charge in [0.25, 0.3) is 5.91 Å². The number of piperidine rings is 1. The first-order chi connectivity index (χ1) is 18.7. The van der Waals surface area contributed by atoms with Crippen molar-refractivity contribution in [3.8, 4) is 11.3 Å². The van der Waals surface area contributed by atoms with Crippen LogP contribution in [0.5, 0.6) is 0 Å². The number of carbonyl (C=O) groups excluding carboxylic acids is 1. The molecular weight excluding hydrogens is 494 g/mol. The molecule has 2 fully saturated rings. The van der Waals surface area contributed by atoms with Crippen molar-refractivity contribution in [2.24, 2.45) is 0 Å². The van der Waals surface area contributed by atoms with Gasteiger partial charge in [-0.05, 0) is 82.4 Å². The summed E-state index contributed by atoms with van der Waals surface area (Å²) in [4.78, 5) is 24.7. The topological polar surface area (TPSA) is 60.9 Å². The van der Waals surface area contributed by atoms with Gasteiger partial charge in [-0.25, -0.2) is 4.98 Å². The van der Waals surface area contributed by atoms with Gasteiger partial charge in [0.2, 0.25) is 0 Å². The molecule has 2 saturated heterocycles. The van der Waals surface area contributed by atoms with Crippen molar-refractivity contribution in [2.45, 2.75) is 39.2 Å². The van der Waals surface area contributed by atoms with Crippen LogP contribution in [0.4, 0.5) is 5.69 Å². The fraction of sp³-hybridized carbons (Fsp3) is 0.533. The van der Waals surface area contributed by atoms with Crippen molar-refractivity contribution in [2.75, 3.05) is 70.9 Å². The predicted molar refractivity (Wildman–Crippen MR) is 157 cm³/mol. The lowest BCUT2D eigenvalue weighted by molar-refractivity contribution is 0.000914. The molecule has 0 radical (unpaired) electrons. The number of morpholine rings is 1. The Morgan fingerprint density at radius 1 is 1.08 bits per heavy atom. The summed E-state index contributed by atoms with van der Waals surface area (Å²) in [5.74, 6) is 0.0791. The summed E-state index contributed by atoms with van der Waals surface area (Å²) in [6, 6.07) is 12.9. The minimum atomic E-state index is 0.0791. The fourth-order valence-corrected chi connectivity index (χ4v) is 6.51. The molecule has 0 bridgehead atoms. The molecule has 0 saturated carbocycles. The van der Waals surface area contributed by atoms with E-state index in [1.165, 1.54) is 30.6 Å². The second-order valence-electron chi connectivity index (χ2n) is 10.2. The van der Waals surface area contributed by atoms with Crippen LogP contribution in [-0.2, 0) is 4.74 Å². The molecule has 8 heteroatoms. The molecule has 2 aliphatic heterocycles. The van der Waals surface area contributed by atoms with Crippen LogP contribution >= 0.6 is 11.3 Å². The van der Waals surface area contributed by atoms with Crippen LogP contribution in [0.3, 0.4) is 0 Å². The van der Waals surface area contributed by atoms with E-state index in [4.69, 9.17) is 9.72 Å². The SMILES string of the molecule is CCN(CC)C(=O)c1ccc(-c2cc(NCCCN3CCC(N4CCOCC4)CC3)c3sccc3n2)cc1. The zero-order valence-corrected chi connectivity index (χ0v) is 23.6. The molecule has 0 atom stereocenters. The van der Waals surface area contributed by atoms with Crippen molar-refractivity contribution in [3.63, 3.8) is 0 Å². The second kappa shape index (κ2) is 13.0. The molecule has 3 aromatic rings. The van der Waals surface area contributed by atoms with Crippen molar-refractivity contribution < 1.29 is 9.53 Å². The second-order valence-corrected chi connectivity index (χ2v) is 11.2. The third kappa shape index (κ3) is 6.37. The van der Waals surface area contributed by atoms with Gasteiger partial charge in [-0.1, -0.05) is 12.1 Å². The van der Waals surface area contributed by atoms with Crippen LogP contribution in [0, 0.1) is 0 Å². The molecule has 2 aromatic heterocycles. The highest BCUT2D eigenvalue weighted by atomic mass is 32.1. The normalized spacial score (nSPS) is 17.6. The van der Waals surface area contributed by atoms with Crippen LogP contribution in [-0.4, -0.2) is 97.2 Å². The Bertz CT molecular complexity index is 1180. The number of rotatable bonds is 10. The standard InChI is InChI=1S/C30H41N5O2S/c1-3-34(4-2)30(36)24-8-6-23(7-9-24)27-22-28(29-26(32-27)12-21-38-29)31-13-5-14-33-15-10-25(11-16-33)35-17-19-37-20-18-35/h6-9,12,21-22,25H,3-5,10-11,13-20H2,1-2H3,(H,31,32). The molecule has 2 aliphatic rings. The number of benzene rings is 1. The number of likely N-dealkylation sites (tertiary alicyclic amines) is 1. The third-order valence-corrected chi connectivity index (χ3v) is 8.91.